The summed E-state index contributed by atoms with van der Waals surface area (Å²) >= 11 is 0. The molecule has 3 aliphatic carbocycles. The maximum Gasteiger partial charge on any atom is 0.251 e. The third-order valence-electron chi connectivity index (χ3n) is 8.99. The van der Waals surface area contributed by atoms with E-state index >= 15 is 0 Å². The first kappa shape index (κ1) is 31.1. The number of nitrogens with one attached hydrogen (secondary N) is 1. The molecule has 0 bridgehead atoms. The summed E-state index contributed by atoms with van der Waals surface area (Å²) < 4.78 is 0. The van der Waals surface area contributed by atoms with Crippen LogP contribution in [0.3, 0.4) is 0 Å². The summed E-state index contributed by atoms with van der Waals surface area (Å²) in [6.07, 6.45) is 0.183. The third-order valence-corrected chi connectivity index (χ3v) is 8.99. The van der Waals surface area contributed by atoms with Gasteiger partial charge in [-0.3, -0.25) is 24.1 Å². The Labute approximate surface area is 255 Å². The average Bonchev–Trinajstić information content (AvgIpc) is 2.94. The number of hydrogen-bond donors (Lipinski definition) is 5. The highest BCUT2D eigenvalue weighted by molar-refractivity contribution is 6.25. The van der Waals surface area contributed by atoms with Crippen LogP contribution in [0.4, 0.5) is 0 Å². The molecular weight excluding hydrogens is 566 g/mol. The number of amides is 1. The molecule has 5 N–H and O–H groups in total. The van der Waals surface area contributed by atoms with Crippen molar-refractivity contribution >= 4 is 23.3 Å². The Kier molecular flexibility index (Phi) is 8.00. The van der Waals surface area contributed by atoms with Crippen LogP contribution in [-0.2, 0) is 16.0 Å². The van der Waals surface area contributed by atoms with Gasteiger partial charge in [-0.15, -0.1) is 0 Å². The predicted molar refractivity (Wildman–Crippen MR) is 161 cm³/mol. The first-order valence-corrected chi connectivity index (χ1v) is 14.4. The number of ketones is 3. The summed E-state index contributed by atoms with van der Waals surface area (Å²) in [4.78, 5) is 56.3. The molecule has 11 heteroatoms. The summed E-state index contributed by atoms with van der Waals surface area (Å²) in [5.74, 6) is -6.37. The molecule has 4 atom stereocenters. The number of carbonyl (C=O) groups is 4. The summed E-state index contributed by atoms with van der Waals surface area (Å²) in [6, 6.07) is 8.94. The van der Waals surface area contributed by atoms with Gasteiger partial charge in [0.15, 0.2) is 17.2 Å². The van der Waals surface area contributed by atoms with E-state index in [1.807, 2.05) is 19.0 Å². The standard InChI is InChI=1S/C33H37N3O8/c1-16(37)24-29(40)27(36(4)5)22-15-19-14-21-20(17-7-6-8-18(13-17)32(43)34-11-12-35(2)3)9-10-23(38)26(21)28(39)25(19)31(42)33(22,44)30(24)41/h6-10,13,19,22,27,38,40,42,44H,11-12,14-15H2,1-5H3,(H,34,43)/t19?,22?,27-,33-/m1/s1. The Hall–Kier alpha value is -4.32. The topological polar surface area (TPSA) is 168 Å². The molecule has 232 valence electrons. The highest BCUT2D eigenvalue weighted by Gasteiger charge is 2.63. The van der Waals surface area contributed by atoms with Gasteiger partial charge < -0.3 is 30.6 Å². The summed E-state index contributed by atoms with van der Waals surface area (Å²) in [7, 11) is 7.05. The predicted octanol–water partition coefficient (Wildman–Crippen LogP) is 2.18. The first-order chi connectivity index (χ1) is 20.7. The lowest BCUT2D eigenvalue weighted by Gasteiger charge is -2.50. The number of phenolic OH excluding ortho intramolecular Hbond substituents is 1. The number of fused-ring (bicyclic) bond motifs is 3. The molecule has 2 unspecified atom stereocenters. The van der Waals surface area contributed by atoms with Crippen molar-refractivity contribution in [2.75, 3.05) is 41.3 Å². The number of aliphatic hydroxyl groups excluding tert-OH is 2. The smallest absolute Gasteiger partial charge is 0.251 e. The third kappa shape index (κ3) is 4.81. The number of likely N-dealkylation sites (N-methyl/N-ethyl adjacent to an activating group) is 2. The van der Waals surface area contributed by atoms with Gasteiger partial charge in [-0.25, -0.2) is 0 Å². The molecule has 0 fully saturated rings. The maximum atomic E-state index is 14.0. The SMILES string of the molecule is CC(=O)C1=C(O)[C@H](N(C)C)C2CC3Cc4c(-c5cccc(C(=O)NCCN(C)C)c5)ccc(O)c4C(=O)C3=C(O)[C@]2(O)C1=O. The molecule has 0 heterocycles. The normalized spacial score (nSPS) is 24.8. The molecule has 3 aliphatic rings. The van der Waals surface area contributed by atoms with E-state index in [1.54, 1.807) is 49.3 Å². The molecule has 0 spiro atoms. The molecule has 1 amide bonds. The van der Waals surface area contributed by atoms with Crippen molar-refractivity contribution in [1.29, 1.82) is 0 Å². The van der Waals surface area contributed by atoms with E-state index in [9.17, 15) is 39.6 Å². The zero-order chi connectivity index (χ0) is 32.2. The van der Waals surface area contributed by atoms with Crippen LogP contribution >= 0.6 is 0 Å². The number of benzene rings is 2. The second kappa shape index (κ2) is 11.3. The lowest BCUT2D eigenvalue weighted by atomic mass is 9.58. The van der Waals surface area contributed by atoms with Crippen molar-refractivity contribution in [3.05, 3.63) is 75.8 Å². The molecule has 0 aliphatic heterocycles. The van der Waals surface area contributed by atoms with Crippen molar-refractivity contribution in [3.8, 4) is 16.9 Å². The molecule has 44 heavy (non-hydrogen) atoms. The second-order valence-corrected chi connectivity index (χ2v) is 12.3. The number of Topliss-reactive ketones (excluding diaryl/α,β-unsaturated/α-hetero) is 3. The zero-order valence-electron chi connectivity index (χ0n) is 25.3. The minimum Gasteiger partial charge on any atom is -0.510 e. The number of carbonyl (C=O) groups excluding carboxylic acids is 4. The van der Waals surface area contributed by atoms with Gasteiger partial charge >= 0.3 is 0 Å². The van der Waals surface area contributed by atoms with Gasteiger partial charge in [-0.1, -0.05) is 18.2 Å². The average molecular weight is 604 g/mol. The van der Waals surface area contributed by atoms with Gasteiger partial charge in [0, 0.05) is 30.1 Å². The van der Waals surface area contributed by atoms with Gasteiger partial charge in [0.25, 0.3) is 5.91 Å². The highest BCUT2D eigenvalue weighted by atomic mass is 16.3. The van der Waals surface area contributed by atoms with E-state index in [0.717, 1.165) is 6.92 Å². The van der Waals surface area contributed by atoms with Crippen molar-refractivity contribution in [2.24, 2.45) is 11.8 Å². The molecule has 0 aromatic heterocycles. The van der Waals surface area contributed by atoms with Gasteiger partial charge in [-0.2, -0.15) is 0 Å². The molecule has 5 rings (SSSR count). The Balaban J connectivity index is 1.60. The fourth-order valence-electron chi connectivity index (χ4n) is 6.95. The molecular formula is C33H37N3O8. The van der Waals surface area contributed by atoms with Crippen LogP contribution < -0.4 is 5.32 Å². The van der Waals surface area contributed by atoms with Crippen LogP contribution in [0.5, 0.6) is 5.75 Å². The van der Waals surface area contributed by atoms with Gasteiger partial charge in [0.05, 0.1) is 11.6 Å². The van der Waals surface area contributed by atoms with Gasteiger partial charge in [0.2, 0.25) is 5.78 Å². The number of aliphatic hydroxyl groups is 3. The summed E-state index contributed by atoms with van der Waals surface area (Å²) in [5.41, 5.74) is -1.34. The maximum absolute atomic E-state index is 14.0. The Morgan fingerprint density at radius 3 is 2.39 bits per heavy atom. The zero-order valence-corrected chi connectivity index (χ0v) is 25.3. The number of nitrogens with zero attached hydrogens (tertiary/aromatic N) is 2. The van der Waals surface area contributed by atoms with Crippen LogP contribution in [-0.4, -0.2) is 106 Å². The minimum absolute atomic E-state index is 0.0221. The Bertz CT molecular complexity index is 1660. The molecule has 0 saturated carbocycles. The first-order valence-electron chi connectivity index (χ1n) is 14.4. The second-order valence-electron chi connectivity index (χ2n) is 12.3. The van der Waals surface area contributed by atoms with Crippen LogP contribution in [0.2, 0.25) is 0 Å². The molecule has 2 aromatic carbocycles. The monoisotopic (exact) mass is 603 g/mol. The molecule has 0 saturated heterocycles. The number of aromatic hydroxyl groups is 1. The lowest BCUT2D eigenvalue weighted by Crippen LogP contribution is -2.63. The van der Waals surface area contributed by atoms with Gasteiger partial charge in [0.1, 0.15) is 22.8 Å². The van der Waals surface area contributed by atoms with Crippen molar-refractivity contribution in [1.82, 2.24) is 15.1 Å². The van der Waals surface area contributed by atoms with E-state index in [1.165, 1.54) is 6.07 Å². The summed E-state index contributed by atoms with van der Waals surface area (Å²) in [5, 5.41) is 48.1. The van der Waals surface area contributed by atoms with Crippen LogP contribution in [0, 0.1) is 11.8 Å². The van der Waals surface area contributed by atoms with Crippen molar-refractivity contribution in [2.45, 2.75) is 31.4 Å². The van der Waals surface area contributed by atoms with Crippen LogP contribution in [0.1, 0.15) is 39.6 Å². The van der Waals surface area contributed by atoms with Crippen LogP contribution in [0.15, 0.2) is 59.1 Å². The van der Waals surface area contributed by atoms with E-state index in [-0.39, 0.29) is 35.6 Å². The highest BCUT2D eigenvalue weighted by Crippen LogP contribution is 2.53. The van der Waals surface area contributed by atoms with E-state index in [4.69, 9.17) is 0 Å². The fraction of sp³-hybridized carbons (Fsp3) is 0.394. The molecule has 2 aromatic rings. The van der Waals surface area contributed by atoms with E-state index < -0.39 is 57.9 Å². The fourth-order valence-corrected chi connectivity index (χ4v) is 6.95. The summed E-state index contributed by atoms with van der Waals surface area (Å²) in [6.45, 7) is 2.21. The number of hydrogen-bond acceptors (Lipinski definition) is 10. The van der Waals surface area contributed by atoms with Gasteiger partial charge in [-0.05, 0) is 88.8 Å². The van der Waals surface area contributed by atoms with Crippen LogP contribution in [0.25, 0.3) is 11.1 Å². The number of allylic oxidation sites excluding steroid dienone is 1. The minimum atomic E-state index is -2.62. The van der Waals surface area contributed by atoms with Crippen molar-refractivity contribution in [3.63, 3.8) is 0 Å². The largest absolute Gasteiger partial charge is 0.510 e. The lowest BCUT2D eigenvalue weighted by molar-refractivity contribution is -0.148. The Morgan fingerprint density at radius 1 is 1.05 bits per heavy atom. The van der Waals surface area contributed by atoms with E-state index in [2.05, 4.69) is 5.32 Å². The molecule has 11 nitrogen and oxygen atoms in total. The molecule has 0 radical (unpaired) electrons. The number of phenols is 1. The quantitative estimate of drug-likeness (QED) is 0.296. The number of rotatable bonds is 7. The van der Waals surface area contributed by atoms with E-state index in [0.29, 0.717) is 35.3 Å². The Morgan fingerprint density at radius 2 is 1.75 bits per heavy atom. The van der Waals surface area contributed by atoms with Crippen molar-refractivity contribution < 1.29 is 39.6 Å².